The van der Waals surface area contributed by atoms with Gasteiger partial charge in [-0.3, -0.25) is 19.5 Å². The molecule has 3 heterocycles. The predicted molar refractivity (Wildman–Crippen MR) is 90.7 cm³/mol. The van der Waals surface area contributed by atoms with Crippen LogP contribution in [0, 0.1) is 5.92 Å². The second-order valence-corrected chi connectivity index (χ2v) is 7.47. The van der Waals surface area contributed by atoms with E-state index in [4.69, 9.17) is 4.74 Å². The Morgan fingerprint density at radius 3 is 2.38 bits per heavy atom. The van der Waals surface area contributed by atoms with Crippen LogP contribution >= 0.6 is 0 Å². The third kappa shape index (κ3) is 4.46. The molecule has 136 valence electrons. The Labute approximate surface area is 144 Å². The number of hydrogen-bond acceptors (Lipinski definition) is 5. The molecule has 3 saturated heterocycles. The zero-order valence-corrected chi connectivity index (χ0v) is 14.9. The van der Waals surface area contributed by atoms with Gasteiger partial charge in [-0.25, -0.2) is 4.79 Å². The molecule has 3 aliphatic heterocycles. The molecule has 7 nitrogen and oxygen atoms in total. The quantitative estimate of drug-likeness (QED) is 0.802. The van der Waals surface area contributed by atoms with Crippen LogP contribution in [0.4, 0.5) is 4.79 Å². The molecule has 3 aliphatic rings. The van der Waals surface area contributed by atoms with Crippen molar-refractivity contribution in [3.05, 3.63) is 0 Å². The third-order valence-electron chi connectivity index (χ3n) is 5.24. The molecular formula is C17H30N4O3. The Balaban J connectivity index is 1.39. The number of likely N-dealkylation sites (tertiary alicyclic amines) is 1. The van der Waals surface area contributed by atoms with Crippen LogP contribution in [0.2, 0.25) is 0 Å². The summed E-state index contributed by atoms with van der Waals surface area (Å²) in [5, 5.41) is 2.68. The lowest BCUT2D eigenvalue weighted by atomic mass is 9.95. The summed E-state index contributed by atoms with van der Waals surface area (Å²) in [6, 6.07) is -0.245. The number of morpholine rings is 1. The first-order valence-electron chi connectivity index (χ1n) is 9.19. The minimum atomic E-state index is -0.245. The van der Waals surface area contributed by atoms with Crippen molar-refractivity contribution in [3.63, 3.8) is 0 Å². The molecule has 0 aromatic carbocycles. The van der Waals surface area contributed by atoms with Gasteiger partial charge in [-0.1, -0.05) is 0 Å². The number of nitrogens with zero attached hydrogens (tertiary/aromatic N) is 3. The van der Waals surface area contributed by atoms with E-state index in [9.17, 15) is 9.59 Å². The molecule has 0 aliphatic carbocycles. The zero-order chi connectivity index (χ0) is 17.1. The lowest BCUT2D eigenvalue weighted by Gasteiger charge is -2.39. The van der Waals surface area contributed by atoms with Gasteiger partial charge in [0.05, 0.1) is 18.8 Å². The first-order chi connectivity index (χ1) is 11.5. The van der Waals surface area contributed by atoms with Crippen molar-refractivity contribution in [1.29, 1.82) is 0 Å². The molecule has 0 saturated carbocycles. The summed E-state index contributed by atoms with van der Waals surface area (Å²) in [6.45, 7) is 10.8. The fourth-order valence-electron chi connectivity index (χ4n) is 4.11. The minimum Gasteiger partial charge on any atom is -0.373 e. The summed E-state index contributed by atoms with van der Waals surface area (Å²) in [4.78, 5) is 29.8. The van der Waals surface area contributed by atoms with Crippen LogP contribution in [0.3, 0.4) is 0 Å². The van der Waals surface area contributed by atoms with Gasteiger partial charge in [-0.15, -0.1) is 0 Å². The number of carbonyl (C=O) groups excluding carboxylic acids is 2. The average molecular weight is 338 g/mol. The highest BCUT2D eigenvalue weighted by Gasteiger charge is 2.30. The topological polar surface area (TPSA) is 65.1 Å². The van der Waals surface area contributed by atoms with E-state index in [2.05, 4.69) is 29.0 Å². The molecule has 0 radical (unpaired) electrons. The number of amides is 3. The maximum atomic E-state index is 12.2. The van der Waals surface area contributed by atoms with Crippen molar-refractivity contribution in [2.24, 2.45) is 5.92 Å². The Hall–Kier alpha value is -1.18. The monoisotopic (exact) mass is 338 g/mol. The van der Waals surface area contributed by atoms with Crippen LogP contribution in [-0.4, -0.2) is 91.2 Å². The van der Waals surface area contributed by atoms with Gasteiger partial charge in [0.15, 0.2) is 0 Å². The van der Waals surface area contributed by atoms with Crippen molar-refractivity contribution in [3.8, 4) is 0 Å². The molecule has 0 aromatic rings. The number of nitrogens with one attached hydrogen (secondary N) is 1. The van der Waals surface area contributed by atoms with E-state index in [-0.39, 0.29) is 11.9 Å². The SMILES string of the molecule is C[C@H]1CN(CC2CCN(CC(=O)N3CCNC3=O)CC2)C[C@H](C)O1. The molecule has 3 rings (SSSR count). The van der Waals surface area contributed by atoms with Crippen LogP contribution < -0.4 is 5.32 Å². The number of urea groups is 1. The van der Waals surface area contributed by atoms with Crippen LogP contribution in [0.15, 0.2) is 0 Å². The summed E-state index contributed by atoms with van der Waals surface area (Å²) >= 11 is 0. The molecule has 0 spiro atoms. The van der Waals surface area contributed by atoms with Gasteiger partial charge in [-0.2, -0.15) is 0 Å². The summed E-state index contributed by atoms with van der Waals surface area (Å²) < 4.78 is 5.80. The van der Waals surface area contributed by atoms with Gasteiger partial charge in [0.25, 0.3) is 0 Å². The van der Waals surface area contributed by atoms with Crippen LogP contribution in [-0.2, 0) is 9.53 Å². The molecule has 1 N–H and O–H groups in total. The summed E-state index contributed by atoms with van der Waals surface area (Å²) in [5.74, 6) is 0.628. The zero-order valence-electron chi connectivity index (χ0n) is 14.9. The Morgan fingerprint density at radius 2 is 1.79 bits per heavy atom. The normalized spacial score (nSPS) is 30.6. The maximum Gasteiger partial charge on any atom is 0.324 e. The van der Waals surface area contributed by atoms with Crippen molar-refractivity contribution in [2.75, 3.05) is 52.4 Å². The van der Waals surface area contributed by atoms with E-state index < -0.39 is 0 Å². The van der Waals surface area contributed by atoms with Crippen molar-refractivity contribution in [1.82, 2.24) is 20.0 Å². The summed E-state index contributed by atoms with van der Waals surface area (Å²) in [6.07, 6.45) is 2.88. The molecule has 7 heteroatoms. The first kappa shape index (κ1) is 17.6. The molecule has 3 fully saturated rings. The van der Waals surface area contributed by atoms with Crippen LogP contribution in [0.1, 0.15) is 26.7 Å². The van der Waals surface area contributed by atoms with Crippen molar-refractivity contribution >= 4 is 11.9 Å². The van der Waals surface area contributed by atoms with Gasteiger partial charge < -0.3 is 10.1 Å². The van der Waals surface area contributed by atoms with Gasteiger partial charge in [0, 0.05) is 32.7 Å². The smallest absolute Gasteiger partial charge is 0.324 e. The number of hydrogen-bond donors (Lipinski definition) is 1. The van der Waals surface area contributed by atoms with Crippen molar-refractivity contribution < 1.29 is 14.3 Å². The lowest BCUT2D eigenvalue weighted by Crippen LogP contribution is -2.49. The molecule has 24 heavy (non-hydrogen) atoms. The van der Waals surface area contributed by atoms with Crippen molar-refractivity contribution in [2.45, 2.75) is 38.9 Å². The highest BCUT2D eigenvalue weighted by atomic mass is 16.5. The molecular weight excluding hydrogens is 308 g/mol. The highest BCUT2D eigenvalue weighted by Crippen LogP contribution is 2.21. The largest absolute Gasteiger partial charge is 0.373 e. The third-order valence-corrected chi connectivity index (χ3v) is 5.24. The molecule has 0 aromatic heterocycles. The van der Waals surface area contributed by atoms with E-state index in [1.165, 1.54) is 4.90 Å². The van der Waals surface area contributed by atoms with Gasteiger partial charge in [-0.05, 0) is 45.7 Å². The molecule has 3 amide bonds. The number of rotatable bonds is 4. The highest BCUT2D eigenvalue weighted by molar-refractivity contribution is 5.96. The summed E-state index contributed by atoms with van der Waals surface area (Å²) in [7, 11) is 0. The van der Waals surface area contributed by atoms with E-state index in [1.54, 1.807) is 0 Å². The first-order valence-corrected chi connectivity index (χ1v) is 9.19. The molecule has 0 bridgehead atoms. The van der Waals surface area contributed by atoms with E-state index >= 15 is 0 Å². The fraction of sp³-hybridized carbons (Fsp3) is 0.882. The molecule has 2 atom stereocenters. The fourth-order valence-corrected chi connectivity index (χ4v) is 4.11. The number of carbonyl (C=O) groups is 2. The maximum absolute atomic E-state index is 12.2. The number of imide groups is 1. The molecule has 0 unspecified atom stereocenters. The Kier molecular flexibility index (Phi) is 5.73. The lowest BCUT2D eigenvalue weighted by molar-refractivity contribution is -0.129. The van der Waals surface area contributed by atoms with Gasteiger partial charge in [0.2, 0.25) is 5.91 Å². The Morgan fingerprint density at radius 1 is 1.12 bits per heavy atom. The summed E-state index contributed by atoms with van der Waals surface area (Å²) in [5.41, 5.74) is 0. The predicted octanol–water partition coefficient (Wildman–Crippen LogP) is 0.359. The van der Waals surface area contributed by atoms with Crippen LogP contribution in [0.25, 0.3) is 0 Å². The van der Waals surface area contributed by atoms with Crippen LogP contribution in [0.5, 0.6) is 0 Å². The second kappa shape index (κ2) is 7.80. The van der Waals surface area contributed by atoms with E-state index in [0.29, 0.717) is 37.8 Å². The second-order valence-electron chi connectivity index (χ2n) is 7.47. The standard InChI is InChI=1S/C17H30N4O3/c1-13-9-20(10-14(2)24-13)11-15-3-6-19(7-4-15)12-16(22)21-8-5-18-17(21)23/h13-15H,3-12H2,1-2H3,(H,18,23)/t13-,14-/m0/s1. The van der Waals surface area contributed by atoms with Gasteiger partial charge in [0.1, 0.15) is 0 Å². The van der Waals surface area contributed by atoms with E-state index in [1.807, 2.05) is 0 Å². The van der Waals surface area contributed by atoms with Gasteiger partial charge >= 0.3 is 6.03 Å². The number of piperidine rings is 1. The minimum absolute atomic E-state index is 0.0701. The Bertz CT molecular complexity index is 455. The van der Waals surface area contributed by atoms with E-state index in [0.717, 1.165) is 45.6 Å². The average Bonchev–Trinajstić information content (AvgIpc) is 2.94. The number of ether oxygens (including phenoxy) is 1.